The van der Waals surface area contributed by atoms with E-state index in [1.165, 1.54) is 12.5 Å². The average Bonchev–Trinajstić information content (AvgIpc) is 3.31. The van der Waals surface area contributed by atoms with E-state index >= 15 is 0 Å². The van der Waals surface area contributed by atoms with Crippen molar-refractivity contribution < 1.29 is 9.18 Å². The lowest BCUT2D eigenvalue weighted by Gasteiger charge is -2.28. The van der Waals surface area contributed by atoms with E-state index in [1.54, 1.807) is 0 Å². The minimum absolute atomic E-state index is 0.0332. The first kappa shape index (κ1) is 14.6. The van der Waals surface area contributed by atoms with E-state index in [0.29, 0.717) is 11.5 Å². The van der Waals surface area contributed by atoms with Crippen LogP contribution in [0, 0.1) is 5.82 Å². The van der Waals surface area contributed by atoms with Crippen LogP contribution in [-0.4, -0.2) is 23.9 Å². The third-order valence-electron chi connectivity index (χ3n) is 4.68. The Labute approximate surface area is 126 Å². The summed E-state index contributed by atoms with van der Waals surface area (Å²) in [6.07, 6.45) is 5.58. The normalized spacial score (nSPS) is 19.1. The molecule has 3 heteroatoms. The minimum atomic E-state index is -0.227. The maximum Gasteiger partial charge on any atom is 0.254 e. The van der Waals surface area contributed by atoms with Crippen LogP contribution in [0.5, 0.6) is 0 Å². The standard InChI is InChI=1S/C18H24FNO/c1-12(2)14-10-15(13-6-7-13)16(11-17(14)19)18(21)20-8-4-3-5-9-20/h10-13H,3-9H2,1-2H3. The molecule has 2 nitrogen and oxygen atoms in total. The Balaban J connectivity index is 1.96. The molecule has 1 aliphatic carbocycles. The second-order valence-corrected chi connectivity index (χ2v) is 6.74. The third-order valence-corrected chi connectivity index (χ3v) is 4.68. The molecule has 0 spiro atoms. The van der Waals surface area contributed by atoms with Crippen LogP contribution in [0.4, 0.5) is 4.39 Å². The SMILES string of the molecule is CC(C)c1cc(C2CC2)c(C(=O)N2CCCCC2)cc1F. The fourth-order valence-electron chi connectivity index (χ4n) is 3.23. The monoisotopic (exact) mass is 289 g/mol. The summed E-state index contributed by atoms with van der Waals surface area (Å²) < 4.78 is 14.3. The van der Waals surface area contributed by atoms with Crippen LogP contribution >= 0.6 is 0 Å². The molecule has 3 rings (SSSR count). The third kappa shape index (κ3) is 2.97. The van der Waals surface area contributed by atoms with Gasteiger partial charge >= 0.3 is 0 Å². The lowest BCUT2D eigenvalue weighted by atomic mass is 9.93. The van der Waals surface area contributed by atoms with Gasteiger partial charge in [-0.3, -0.25) is 4.79 Å². The van der Waals surface area contributed by atoms with Gasteiger partial charge in [0.05, 0.1) is 0 Å². The summed E-state index contributed by atoms with van der Waals surface area (Å²) in [6, 6.07) is 3.45. The van der Waals surface area contributed by atoms with E-state index in [9.17, 15) is 9.18 Å². The number of halogens is 1. The highest BCUT2D eigenvalue weighted by atomic mass is 19.1. The lowest BCUT2D eigenvalue weighted by molar-refractivity contribution is 0.0722. The molecule has 1 aromatic rings. The number of benzene rings is 1. The van der Waals surface area contributed by atoms with Crippen LogP contribution in [0.25, 0.3) is 0 Å². The van der Waals surface area contributed by atoms with Crippen molar-refractivity contribution in [1.82, 2.24) is 4.90 Å². The first-order valence-electron chi connectivity index (χ1n) is 8.20. The molecule has 1 amide bonds. The van der Waals surface area contributed by atoms with Crippen LogP contribution in [0.2, 0.25) is 0 Å². The van der Waals surface area contributed by atoms with Crippen LogP contribution < -0.4 is 0 Å². The number of hydrogen-bond acceptors (Lipinski definition) is 1. The van der Waals surface area contributed by atoms with Crippen molar-refractivity contribution in [3.05, 3.63) is 34.6 Å². The molecule has 2 fully saturated rings. The molecule has 21 heavy (non-hydrogen) atoms. The molecule has 0 bridgehead atoms. The van der Waals surface area contributed by atoms with Gasteiger partial charge < -0.3 is 4.90 Å². The molecule has 2 aliphatic rings. The van der Waals surface area contributed by atoms with Gasteiger partial charge in [-0.25, -0.2) is 4.39 Å². The van der Waals surface area contributed by atoms with Crippen molar-refractivity contribution in [3.63, 3.8) is 0 Å². The Hall–Kier alpha value is -1.38. The van der Waals surface area contributed by atoms with Gasteiger partial charge in [0.25, 0.3) is 5.91 Å². The number of hydrogen-bond donors (Lipinski definition) is 0. The largest absolute Gasteiger partial charge is 0.339 e. The molecule has 0 radical (unpaired) electrons. The second kappa shape index (κ2) is 5.78. The molecule has 1 saturated heterocycles. The highest BCUT2D eigenvalue weighted by Crippen LogP contribution is 2.43. The Morgan fingerprint density at radius 3 is 2.43 bits per heavy atom. The molecule has 1 aromatic carbocycles. The van der Waals surface area contributed by atoms with Gasteiger partial charge in [-0.2, -0.15) is 0 Å². The maximum absolute atomic E-state index is 14.3. The number of piperidine rings is 1. The predicted molar refractivity (Wildman–Crippen MR) is 82.2 cm³/mol. The van der Waals surface area contributed by atoms with E-state index in [1.807, 2.05) is 24.8 Å². The molecular weight excluding hydrogens is 265 g/mol. The highest BCUT2D eigenvalue weighted by Gasteiger charge is 2.31. The Morgan fingerprint density at radius 2 is 1.86 bits per heavy atom. The Bertz CT molecular complexity index is 542. The lowest BCUT2D eigenvalue weighted by Crippen LogP contribution is -2.36. The van der Waals surface area contributed by atoms with E-state index < -0.39 is 0 Å². The quantitative estimate of drug-likeness (QED) is 0.805. The van der Waals surface area contributed by atoms with Crippen molar-refractivity contribution in [3.8, 4) is 0 Å². The summed E-state index contributed by atoms with van der Waals surface area (Å²) in [5.74, 6) is 0.425. The summed E-state index contributed by atoms with van der Waals surface area (Å²) in [5, 5.41) is 0. The second-order valence-electron chi connectivity index (χ2n) is 6.74. The van der Waals surface area contributed by atoms with Crippen LogP contribution in [-0.2, 0) is 0 Å². The van der Waals surface area contributed by atoms with Crippen molar-refractivity contribution in [2.45, 2.75) is 57.8 Å². The molecule has 1 aliphatic heterocycles. The van der Waals surface area contributed by atoms with Gasteiger partial charge in [0.15, 0.2) is 0 Å². The van der Waals surface area contributed by atoms with Crippen molar-refractivity contribution in [2.75, 3.05) is 13.1 Å². The minimum Gasteiger partial charge on any atom is -0.339 e. The van der Waals surface area contributed by atoms with Gasteiger partial charge in [0.1, 0.15) is 5.82 Å². The molecule has 1 saturated carbocycles. The van der Waals surface area contributed by atoms with Crippen LogP contribution in [0.15, 0.2) is 12.1 Å². The zero-order valence-corrected chi connectivity index (χ0v) is 13.0. The van der Waals surface area contributed by atoms with Gasteiger partial charge in [0.2, 0.25) is 0 Å². The van der Waals surface area contributed by atoms with Crippen LogP contribution in [0.1, 0.15) is 79.3 Å². The van der Waals surface area contributed by atoms with Gasteiger partial charge in [-0.05, 0) is 61.1 Å². The van der Waals surface area contributed by atoms with Gasteiger partial charge in [-0.15, -0.1) is 0 Å². The van der Waals surface area contributed by atoms with E-state index in [-0.39, 0.29) is 17.6 Å². The molecular formula is C18H24FNO. The molecule has 0 N–H and O–H groups in total. The zero-order chi connectivity index (χ0) is 15.0. The molecule has 1 heterocycles. The highest BCUT2D eigenvalue weighted by molar-refractivity contribution is 5.96. The molecule has 114 valence electrons. The number of amides is 1. The first-order valence-corrected chi connectivity index (χ1v) is 8.20. The van der Waals surface area contributed by atoms with Gasteiger partial charge in [0, 0.05) is 18.7 Å². The van der Waals surface area contributed by atoms with E-state index in [0.717, 1.165) is 49.9 Å². The summed E-state index contributed by atoms with van der Waals surface area (Å²) >= 11 is 0. The summed E-state index contributed by atoms with van der Waals surface area (Å²) in [7, 11) is 0. The summed E-state index contributed by atoms with van der Waals surface area (Å²) in [5.41, 5.74) is 2.43. The van der Waals surface area contributed by atoms with Crippen molar-refractivity contribution in [2.24, 2.45) is 0 Å². The smallest absolute Gasteiger partial charge is 0.254 e. The first-order chi connectivity index (χ1) is 10.1. The summed E-state index contributed by atoms with van der Waals surface area (Å²) in [4.78, 5) is 14.6. The number of carbonyl (C=O) groups is 1. The average molecular weight is 289 g/mol. The van der Waals surface area contributed by atoms with Gasteiger partial charge in [-0.1, -0.05) is 19.9 Å². The topological polar surface area (TPSA) is 20.3 Å². The summed E-state index contributed by atoms with van der Waals surface area (Å²) in [6.45, 7) is 5.63. The molecule has 0 unspecified atom stereocenters. The maximum atomic E-state index is 14.3. The van der Waals surface area contributed by atoms with Crippen molar-refractivity contribution >= 4 is 5.91 Å². The zero-order valence-electron chi connectivity index (χ0n) is 13.0. The molecule has 0 aromatic heterocycles. The number of nitrogens with zero attached hydrogens (tertiary/aromatic N) is 1. The Morgan fingerprint density at radius 1 is 1.19 bits per heavy atom. The number of rotatable bonds is 3. The Kier molecular flexibility index (Phi) is 4.01. The van der Waals surface area contributed by atoms with Crippen LogP contribution in [0.3, 0.4) is 0 Å². The van der Waals surface area contributed by atoms with Crippen molar-refractivity contribution in [1.29, 1.82) is 0 Å². The van der Waals surface area contributed by atoms with E-state index in [4.69, 9.17) is 0 Å². The fourth-order valence-corrected chi connectivity index (χ4v) is 3.23. The van der Waals surface area contributed by atoms with E-state index in [2.05, 4.69) is 0 Å². The number of likely N-dealkylation sites (tertiary alicyclic amines) is 1. The predicted octanol–water partition coefficient (Wildman–Crippen LogP) is 4.45. The molecule has 0 atom stereocenters. The fraction of sp³-hybridized carbons (Fsp3) is 0.611. The number of carbonyl (C=O) groups excluding carboxylic acids is 1.